The lowest BCUT2D eigenvalue weighted by molar-refractivity contribution is -0.302. The maximum atomic E-state index is 13.7. The second-order valence-corrected chi connectivity index (χ2v) is 8.96. The SMILES string of the molecule is C[C@]12C=CC(=O)C=C1CC[C@@H]1[C@@H]2CC[C@@]2(C)[C@H]1CCC2(O)C(F)(F)F. The number of allylic oxidation sites excluding steroid dienone is 4. The third kappa shape index (κ3) is 2.05. The number of carbonyl (C=O) groups is 1. The Kier molecular flexibility index (Phi) is 3.46. The second-order valence-electron chi connectivity index (χ2n) is 8.96. The lowest BCUT2D eigenvalue weighted by atomic mass is 9.47. The van der Waals surface area contributed by atoms with Crippen LogP contribution in [0.2, 0.25) is 0 Å². The van der Waals surface area contributed by atoms with E-state index in [0.29, 0.717) is 19.3 Å². The molecule has 25 heavy (non-hydrogen) atoms. The molecule has 4 rings (SSSR count). The first-order valence-corrected chi connectivity index (χ1v) is 9.26. The van der Waals surface area contributed by atoms with Crippen LogP contribution in [0.25, 0.3) is 0 Å². The highest BCUT2D eigenvalue weighted by molar-refractivity contribution is 6.01. The first kappa shape index (κ1) is 17.3. The third-order valence-electron chi connectivity index (χ3n) is 8.18. The average molecular weight is 354 g/mol. The average Bonchev–Trinajstić information content (AvgIpc) is 2.81. The summed E-state index contributed by atoms with van der Waals surface area (Å²) in [5.74, 6) is 0.335. The van der Waals surface area contributed by atoms with Gasteiger partial charge in [0.1, 0.15) is 0 Å². The molecule has 0 amide bonds. The molecule has 3 saturated carbocycles. The molecular weight excluding hydrogens is 329 g/mol. The van der Waals surface area contributed by atoms with Gasteiger partial charge in [0.05, 0.1) is 0 Å². The van der Waals surface area contributed by atoms with Crippen LogP contribution in [0.15, 0.2) is 23.8 Å². The van der Waals surface area contributed by atoms with Crippen LogP contribution in [0.4, 0.5) is 13.2 Å². The molecule has 0 aromatic carbocycles. The van der Waals surface area contributed by atoms with Crippen molar-refractivity contribution in [2.75, 3.05) is 0 Å². The molecule has 3 fully saturated rings. The quantitative estimate of drug-likeness (QED) is 0.691. The van der Waals surface area contributed by atoms with Crippen LogP contribution in [0.1, 0.15) is 52.4 Å². The Morgan fingerprint density at radius 2 is 1.80 bits per heavy atom. The van der Waals surface area contributed by atoms with Crippen molar-refractivity contribution >= 4 is 5.78 Å². The zero-order valence-corrected chi connectivity index (χ0v) is 14.7. The predicted octanol–water partition coefficient (Wildman–Crippen LogP) is 4.59. The minimum absolute atomic E-state index is 0.0129. The van der Waals surface area contributed by atoms with Gasteiger partial charge in [-0.05, 0) is 68.4 Å². The van der Waals surface area contributed by atoms with Crippen molar-refractivity contribution in [3.8, 4) is 0 Å². The van der Waals surface area contributed by atoms with Gasteiger partial charge >= 0.3 is 6.18 Å². The topological polar surface area (TPSA) is 37.3 Å². The molecule has 138 valence electrons. The maximum Gasteiger partial charge on any atom is 0.417 e. The number of ketones is 1. The highest BCUT2D eigenvalue weighted by Crippen LogP contribution is 2.69. The highest BCUT2D eigenvalue weighted by atomic mass is 19.4. The molecule has 0 saturated heterocycles. The molecule has 0 aliphatic heterocycles. The van der Waals surface area contributed by atoms with E-state index in [-0.39, 0.29) is 35.4 Å². The monoisotopic (exact) mass is 354 g/mol. The minimum Gasteiger partial charge on any atom is -0.380 e. The first-order chi connectivity index (χ1) is 11.5. The second kappa shape index (κ2) is 4.99. The summed E-state index contributed by atoms with van der Waals surface area (Å²) in [6.07, 6.45) is 3.64. The molecule has 6 atom stereocenters. The van der Waals surface area contributed by atoms with Gasteiger partial charge in [-0.25, -0.2) is 0 Å². The van der Waals surface area contributed by atoms with E-state index in [1.807, 2.05) is 6.08 Å². The molecule has 0 bridgehead atoms. The van der Waals surface area contributed by atoms with Gasteiger partial charge in [-0.15, -0.1) is 0 Å². The zero-order chi connectivity index (χ0) is 18.3. The normalized spacial score (nSPS) is 49.3. The molecule has 0 aromatic rings. The van der Waals surface area contributed by atoms with Crippen molar-refractivity contribution in [3.63, 3.8) is 0 Å². The van der Waals surface area contributed by atoms with Crippen LogP contribution in [-0.2, 0) is 4.79 Å². The number of aliphatic hydroxyl groups is 1. The molecule has 5 heteroatoms. The number of alkyl halides is 3. The number of carbonyl (C=O) groups excluding carboxylic acids is 1. The van der Waals surface area contributed by atoms with E-state index < -0.39 is 17.2 Å². The largest absolute Gasteiger partial charge is 0.417 e. The van der Waals surface area contributed by atoms with E-state index in [9.17, 15) is 23.1 Å². The van der Waals surface area contributed by atoms with E-state index in [2.05, 4.69) is 6.92 Å². The highest BCUT2D eigenvalue weighted by Gasteiger charge is 2.72. The van der Waals surface area contributed by atoms with Gasteiger partial charge in [-0.1, -0.05) is 25.5 Å². The van der Waals surface area contributed by atoms with Crippen molar-refractivity contribution in [3.05, 3.63) is 23.8 Å². The Labute approximate surface area is 146 Å². The van der Waals surface area contributed by atoms with Crippen LogP contribution < -0.4 is 0 Å². The van der Waals surface area contributed by atoms with Crippen LogP contribution in [0, 0.1) is 28.6 Å². The zero-order valence-electron chi connectivity index (χ0n) is 14.7. The lowest BCUT2D eigenvalue weighted by Crippen LogP contribution is -2.59. The van der Waals surface area contributed by atoms with Gasteiger partial charge in [0.2, 0.25) is 0 Å². The van der Waals surface area contributed by atoms with Gasteiger partial charge in [0.15, 0.2) is 11.4 Å². The molecule has 4 aliphatic carbocycles. The molecular formula is C20H25F3O2. The van der Waals surface area contributed by atoms with Gasteiger partial charge < -0.3 is 5.11 Å². The summed E-state index contributed by atoms with van der Waals surface area (Å²) >= 11 is 0. The molecule has 1 unspecified atom stereocenters. The molecule has 0 radical (unpaired) electrons. The molecule has 1 N–H and O–H groups in total. The fourth-order valence-electron chi connectivity index (χ4n) is 6.68. The summed E-state index contributed by atoms with van der Waals surface area (Å²) < 4.78 is 41.0. The van der Waals surface area contributed by atoms with Crippen molar-refractivity contribution in [2.24, 2.45) is 28.6 Å². The maximum absolute atomic E-state index is 13.7. The molecule has 2 nitrogen and oxygen atoms in total. The van der Waals surface area contributed by atoms with Gasteiger partial charge in [0.25, 0.3) is 0 Å². The smallest absolute Gasteiger partial charge is 0.380 e. The summed E-state index contributed by atoms with van der Waals surface area (Å²) in [7, 11) is 0. The Balaban J connectivity index is 1.71. The van der Waals surface area contributed by atoms with E-state index in [0.717, 1.165) is 18.4 Å². The lowest BCUT2D eigenvalue weighted by Gasteiger charge is -2.58. The number of rotatable bonds is 0. The Morgan fingerprint density at radius 1 is 1.12 bits per heavy atom. The van der Waals surface area contributed by atoms with Crippen molar-refractivity contribution in [1.29, 1.82) is 0 Å². The fourth-order valence-corrected chi connectivity index (χ4v) is 6.68. The van der Waals surface area contributed by atoms with Crippen molar-refractivity contribution < 1.29 is 23.1 Å². The van der Waals surface area contributed by atoms with Gasteiger partial charge in [-0.2, -0.15) is 13.2 Å². The van der Waals surface area contributed by atoms with Crippen LogP contribution in [-0.4, -0.2) is 22.7 Å². The van der Waals surface area contributed by atoms with Crippen LogP contribution in [0.5, 0.6) is 0 Å². The Bertz CT molecular complexity index is 679. The van der Waals surface area contributed by atoms with Gasteiger partial charge in [-0.3, -0.25) is 4.79 Å². The summed E-state index contributed by atoms with van der Waals surface area (Å²) in [6, 6.07) is 0. The minimum atomic E-state index is -4.58. The number of fused-ring (bicyclic) bond motifs is 5. The summed E-state index contributed by atoms with van der Waals surface area (Å²) in [5, 5.41) is 10.6. The standard InChI is InChI=1S/C20H25F3O2/c1-17-8-5-13(24)11-12(17)3-4-14-15(17)6-9-18(2)16(14)7-10-19(18,25)20(21,22)23/h5,8,11,14-16,25H,3-4,6-7,9-10H2,1-2H3/t14-,15+,16+,17+,18+,19?/m1/s1. The van der Waals surface area contributed by atoms with E-state index in [1.165, 1.54) is 0 Å². The van der Waals surface area contributed by atoms with E-state index in [4.69, 9.17) is 0 Å². The third-order valence-corrected chi connectivity index (χ3v) is 8.18. The van der Waals surface area contributed by atoms with Crippen molar-refractivity contribution in [1.82, 2.24) is 0 Å². The number of hydrogen-bond acceptors (Lipinski definition) is 2. The van der Waals surface area contributed by atoms with E-state index >= 15 is 0 Å². The molecule has 0 spiro atoms. The first-order valence-electron chi connectivity index (χ1n) is 9.26. The Morgan fingerprint density at radius 3 is 2.48 bits per heavy atom. The Hall–Kier alpha value is -1.10. The summed E-state index contributed by atoms with van der Waals surface area (Å²) in [4.78, 5) is 11.7. The molecule has 0 aromatic heterocycles. The molecule has 0 heterocycles. The predicted molar refractivity (Wildman–Crippen MR) is 87.6 cm³/mol. The molecule has 4 aliphatic rings. The summed E-state index contributed by atoms with van der Waals surface area (Å²) in [5.41, 5.74) is -2.76. The van der Waals surface area contributed by atoms with Crippen molar-refractivity contribution in [2.45, 2.75) is 64.1 Å². The summed E-state index contributed by atoms with van der Waals surface area (Å²) in [6.45, 7) is 3.79. The fraction of sp³-hybridized carbons (Fsp3) is 0.750. The van der Waals surface area contributed by atoms with Crippen LogP contribution >= 0.6 is 0 Å². The number of halogens is 3. The number of hydrogen-bond donors (Lipinski definition) is 1. The van der Waals surface area contributed by atoms with E-state index in [1.54, 1.807) is 19.1 Å². The van der Waals surface area contributed by atoms with Crippen LogP contribution in [0.3, 0.4) is 0 Å². The van der Waals surface area contributed by atoms with Gasteiger partial charge in [0, 0.05) is 10.8 Å².